The van der Waals surface area contributed by atoms with E-state index in [0.29, 0.717) is 29.6 Å². The van der Waals surface area contributed by atoms with Crippen LogP contribution in [0, 0.1) is 11.8 Å². The highest BCUT2D eigenvalue weighted by Gasteiger charge is 2.39. The van der Waals surface area contributed by atoms with Crippen LogP contribution in [0.15, 0.2) is 29.2 Å². The third-order valence-electron chi connectivity index (χ3n) is 4.27. The summed E-state index contributed by atoms with van der Waals surface area (Å²) in [5.74, 6) is 0.593. The first-order valence-corrected chi connectivity index (χ1v) is 8.83. The Morgan fingerprint density at radius 2 is 1.76 bits per heavy atom. The SMILES string of the molecule is C[C@@H]1C[C@@H]1C(=O)Nc1ccc(S(=O)(=O)N2CCCC2)cc1. The molecule has 1 saturated carbocycles. The number of carbonyl (C=O) groups is 1. The number of hydrogen-bond acceptors (Lipinski definition) is 3. The summed E-state index contributed by atoms with van der Waals surface area (Å²) in [5.41, 5.74) is 0.652. The number of carbonyl (C=O) groups excluding carboxylic acids is 1. The average molecular weight is 308 g/mol. The molecule has 1 saturated heterocycles. The van der Waals surface area contributed by atoms with Gasteiger partial charge in [0, 0.05) is 24.7 Å². The van der Waals surface area contributed by atoms with Gasteiger partial charge >= 0.3 is 0 Å². The lowest BCUT2D eigenvalue weighted by Gasteiger charge is -2.15. The molecule has 21 heavy (non-hydrogen) atoms. The zero-order valence-corrected chi connectivity index (χ0v) is 12.9. The van der Waals surface area contributed by atoms with Gasteiger partial charge < -0.3 is 5.32 Å². The molecule has 1 aromatic carbocycles. The van der Waals surface area contributed by atoms with Crippen molar-refractivity contribution in [3.05, 3.63) is 24.3 Å². The number of anilines is 1. The molecule has 0 aromatic heterocycles. The van der Waals surface area contributed by atoms with Gasteiger partial charge in [-0.2, -0.15) is 4.31 Å². The second-order valence-corrected chi connectivity index (χ2v) is 7.88. The van der Waals surface area contributed by atoms with E-state index < -0.39 is 10.0 Å². The predicted molar refractivity (Wildman–Crippen MR) is 80.3 cm³/mol. The molecule has 5 nitrogen and oxygen atoms in total. The number of hydrogen-bond donors (Lipinski definition) is 1. The number of rotatable bonds is 4. The molecular weight excluding hydrogens is 288 g/mol. The van der Waals surface area contributed by atoms with Gasteiger partial charge in [-0.25, -0.2) is 8.42 Å². The van der Waals surface area contributed by atoms with E-state index in [0.717, 1.165) is 19.3 Å². The molecule has 1 amide bonds. The zero-order valence-electron chi connectivity index (χ0n) is 12.1. The number of benzene rings is 1. The molecule has 1 aliphatic heterocycles. The van der Waals surface area contributed by atoms with Crippen molar-refractivity contribution in [2.45, 2.75) is 31.1 Å². The standard InChI is InChI=1S/C15H20N2O3S/c1-11-10-14(11)15(18)16-12-4-6-13(7-5-12)21(19,20)17-8-2-3-9-17/h4-7,11,14H,2-3,8-10H2,1H3,(H,16,18)/t11-,14+/m1/s1. The van der Waals surface area contributed by atoms with Crippen LogP contribution in [-0.2, 0) is 14.8 Å². The molecule has 2 atom stereocenters. The highest BCUT2D eigenvalue weighted by molar-refractivity contribution is 7.89. The lowest BCUT2D eigenvalue weighted by Crippen LogP contribution is -2.27. The van der Waals surface area contributed by atoms with Crippen LogP contribution < -0.4 is 5.32 Å². The highest BCUT2D eigenvalue weighted by Crippen LogP contribution is 2.38. The summed E-state index contributed by atoms with van der Waals surface area (Å²) in [4.78, 5) is 12.1. The molecule has 114 valence electrons. The maximum Gasteiger partial charge on any atom is 0.243 e. The number of amides is 1. The summed E-state index contributed by atoms with van der Waals surface area (Å²) < 4.78 is 26.3. The van der Waals surface area contributed by atoms with E-state index in [9.17, 15) is 13.2 Å². The molecule has 2 aliphatic rings. The molecule has 1 N–H and O–H groups in total. The minimum Gasteiger partial charge on any atom is -0.326 e. The third-order valence-corrected chi connectivity index (χ3v) is 6.18. The molecule has 1 aliphatic carbocycles. The van der Waals surface area contributed by atoms with Crippen molar-refractivity contribution in [2.75, 3.05) is 18.4 Å². The monoisotopic (exact) mass is 308 g/mol. The molecule has 1 heterocycles. The smallest absolute Gasteiger partial charge is 0.243 e. The number of sulfonamides is 1. The highest BCUT2D eigenvalue weighted by atomic mass is 32.2. The summed E-state index contributed by atoms with van der Waals surface area (Å²) in [6.07, 6.45) is 2.78. The van der Waals surface area contributed by atoms with Crippen LogP contribution in [0.5, 0.6) is 0 Å². The number of nitrogens with one attached hydrogen (secondary N) is 1. The first-order chi connectivity index (χ1) is 9.98. The Morgan fingerprint density at radius 1 is 1.19 bits per heavy atom. The molecular formula is C15H20N2O3S. The first kappa shape index (κ1) is 14.5. The van der Waals surface area contributed by atoms with E-state index >= 15 is 0 Å². The maximum absolute atomic E-state index is 12.4. The summed E-state index contributed by atoms with van der Waals surface area (Å²) in [6, 6.07) is 6.46. The fourth-order valence-corrected chi connectivity index (χ4v) is 4.23. The van der Waals surface area contributed by atoms with E-state index in [1.807, 2.05) is 0 Å². The quantitative estimate of drug-likeness (QED) is 0.926. The third kappa shape index (κ3) is 2.96. The Hall–Kier alpha value is -1.40. The molecule has 2 fully saturated rings. The molecule has 6 heteroatoms. The van der Waals surface area contributed by atoms with Gasteiger partial charge in [0.2, 0.25) is 15.9 Å². The zero-order chi connectivity index (χ0) is 15.0. The van der Waals surface area contributed by atoms with E-state index in [-0.39, 0.29) is 11.8 Å². The summed E-state index contributed by atoms with van der Waals surface area (Å²) in [7, 11) is -3.38. The van der Waals surface area contributed by atoms with Gasteiger partial charge in [-0.3, -0.25) is 4.79 Å². The molecule has 0 unspecified atom stereocenters. The van der Waals surface area contributed by atoms with Crippen LogP contribution in [-0.4, -0.2) is 31.7 Å². The van der Waals surface area contributed by atoms with Crippen molar-refractivity contribution in [1.29, 1.82) is 0 Å². The van der Waals surface area contributed by atoms with Crippen LogP contribution in [0.1, 0.15) is 26.2 Å². The van der Waals surface area contributed by atoms with Crippen LogP contribution in [0.3, 0.4) is 0 Å². The van der Waals surface area contributed by atoms with Gasteiger partial charge in [0.15, 0.2) is 0 Å². The molecule has 1 aromatic rings. The Bertz CT molecular complexity index is 633. The molecule has 0 bridgehead atoms. The van der Waals surface area contributed by atoms with Gasteiger partial charge in [-0.15, -0.1) is 0 Å². The maximum atomic E-state index is 12.4. The van der Waals surface area contributed by atoms with Gasteiger partial charge in [-0.1, -0.05) is 6.92 Å². The van der Waals surface area contributed by atoms with Gasteiger partial charge in [-0.05, 0) is 49.4 Å². The molecule has 0 radical (unpaired) electrons. The first-order valence-electron chi connectivity index (χ1n) is 7.39. The van der Waals surface area contributed by atoms with Crippen molar-refractivity contribution in [3.8, 4) is 0 Å². The van der Waals surface area contributed by atoms with Crippen LogP contribution in [0.4, 0.5) is 5.69 Å². The molecule has 3 rings (SSSR count). The Kier molecular flexibility index (Phi) is 3.75. The van der Waals surface area contributed by atoms with Crippen molar-refractivity contribution in [2.24, 2.45) is 11.8 Å². The lowest BCUT2D eigenvalue weighted by molar-refractivity contribution is -0.117. The van der Waals surface area contributed by atoms with E-state index in [4.69, 9.17) is 0 Å². The fourth-order valence-electron chi connectivity index (χ4n) is 2.71. The van der Waals surface area contributed by atoms with Crippen molar-refractivity contribution >= 4 is 21.6 Å². The second-order valence-electron chi connectivity index (χ2n) is 5.94. The van der Waals surface area contributed by atoms with Crippen molar-refractivity contribution in [3.63, 3.8) is 0 Å². The summed E-state index contributed by atoms with van der Waals surface area (Å²) >= 11 is 0. The normalized spacial score (nSPS) is 25.8. The van der Waals surface area contributed by atoms with Crippen LogP contribution in [0.25, 0.3) is 0 Å². The minimum atomic E-state index is -3.38. The van der Waals surface area contributed by atoms with E-state index in [1.165, 1.54) is 4.31 Å². The predicted octanol–water partition coefficient (Wildman–Crippen LogP) is 2.07. The van der Waals surface area contributed by atoms with Gasteiger partial charge in [0.1, 0.15) is 0 Å². The second kappa shape index (κ2) is 5.42. The minimum absolute atomic E-state index is 0.0256. The van der Waals surface area contributed by atoms with Gasteiger partial charge in [0.05, 0.1) is 4.90 Å². The topological polar surface area (TPSA) is 66.5 Å². The van der Waals surface area contributed by atoms with E-state index in [2.05, 4.69) is 12.2 Å². The summed E-state index contributed by atoms with van der Waals surface area (Å²) in [6.45, 7) is 3.25. The Morgan fingerprint density at radius 3 is 2.29 bits per heavy atom. The van der Waals surface area contributed by atoms with Crippen molar-refractivity contribution in [1.82, 2.24) is 4.31 Å². The van der Waals surface area contributed by atoms with Crippen molar-refractivity contribution < 1.29 is 13.2 Å². The van der Waals surface area contributed by atoms with Crippen LogP contribution >= 0.6 is 0 Å². The van der Waals surface area contributed by atoms with E-state index in [1.54, 1.807) is 24.3 Å². The lowest BCUT2D eigenvalue weighted by atomic mass is 10.3. The largest absolute Gasteiger partial charge is 0.326 e. The van der Waals surface area contributed by atoms with Gasteiger partial charge in [0.25, 0.3) is 0 Å². The average Bonchev–Trinajstić information content (AvgIpc) is 2.96. The number of nitrogens with zero attached hydrogens (tertiary/aromatic N) is 1. The summed E-state index contributed by atoms with van der Waals surface area (Å²) in [5, 5.41) is 2.84. The fraction of sp³-hybridized carbons (Fsp3) is 0.533. The molecule has 0 spiro atoms. The Labute approximate surface area is 125 Å². The van der Waals surface area contributed by atoms with Crippen LogP contribution in [0.2, 0.25) is 0 Å². The Balaban J connectivity index is 1.70.